The molecule has 4 nitrogen and oxygen atoms in total. The van der Waals surface area contributed by atoms with E-state index in [1.165, 1.54) is 0 Å². The molecule has 7 heavy (non-hydrogen) atoms. The van der Waals surface area contributed by atoms with Crippen molar-refractivity contribution in [2.24, 2.45) is 0 Å². The Balaban J connectivity index is -0.0000000800. The summed E-state index contributed by atoms with van der Waals surface area (Å²) in [6.45, 7) is 0. The van der Waals surface area contributed by atoms with Crippen LogP contribution in [0.15, 0.2) is 0 Å². The van der Waals surface area contributed by atoms with Gasteiger partial charge in [-0.1, -0.05) is 0 Å². The monoisotopic (exact) mass is 174 g/mol. The standard InChI is InChI=1S/Fe.Na.H3O4P/c;;1-5(2,3)4/h;;(H3,1,2,3,4)/q+2;+1;/p-3. The summed E-state index contributed by atoms with van der Waals surface area (Å²) in [6, 6.07) is 0. The van der Waals surface area contributed by atoms with Gasteiger partial charge in [0.25, 0.3) is 0 Å². The van der Waals surface area contributed by atoms with E-state index in [2.05, 4.69) is 0 Å². The Morgan fingerprint density at radius 1 is 1.14 bits per heavy atom. The molecule has 0 spiro atoms. The second kappa shape index (κ2) is 5.76. The molecule has 0 aliphatic rings. The Kier molecular flexibility index (Phi) is 13.0. The Labute approximate surface area is 73.3 Å². The molecule has 0 unspecified atom stereocenters. The van der Waals surface area contributed by atoms with Crippen molar-refractivity contribution in [1.82, 2.24) is 0 Å². The second-order valence-corrected chi connectivity index (χ2v) is 1.34. The van der Waals surface area contributed by atoms with Crippen molar-refractivity contribution in [2.45, 2.75) is 0 Å². The molecule has 0 aliphatic carbocycles. The second-order valence-electron chi connectivity index (χ2n) is 0.447. The molecule has 0 radical (unpaired) electrons. The van der Waals surface area contributed by atoms with E-state index in [0.29, 0.717) is 0 Å². The van der Waals surface area contributed by atoms with Gasteiger partial charge in [0.1, 0.15) is 0 Å². The van der Waals surface area contributed by atoms with Crippen molar-refractivity contribution >= 4 is 7.82 Å². The molecule has 0 aromatic rings. The molecule has 38 valence electrons. The zero-order chi connectivity index (χ0) is 4.50. The number of rotatable bonds is 0. The van der Waals surface area contributed by atoms with Crippen LogP contribution in [0.25, 0.3) is 0 Å². The van der Waals surface area contributed by atoms with E-state index in [4.69, 9.17) is 19.2 Å². The summed E-state index contributed by atoms with van der Waals surface area (Å²) in [6.07, 6.45) is 0. The van der Waals surface area contributed by atoms with E-state index in [-0.39, 0.29) is 46.6 Å². The van der Waals surface area contributed by atoms with Gasteiger partial charge < -0.3 is 19.2 Å². The molecule has 0 bridgehead atoms. The summed E-state index contributed by atoms with van der Waals surface area (Å²) in [4.78, 5) is 25.6. The first kappa shape index (κ1) is 15.9. The first-order chi connectivity index (χ1) is 2.00. The Morgan fingerprint density at radius 3 is 1.14 bits per heavy atom. The van der Waals surface area contributed by atoms with Crippen molar-refractivity contribution in [3.8, 4) is 0 Å². The van der Waals surface area contributed by atoms with Crippen molar-refractivity contribution in [3.63, 3.8) is 0 Å². The number of hydrogen-bond donors (Lipinski definition) is 0. The average Bonchev–Trinajstić information content (AvgIpc) is 0.722. The largest absolute Gasteiger partial charge is 2.00 e. The summed E-state index contributed by atoms with van der Waals surface area (Å²) in [7, 11) is -5.39. The number of phosphoric acid groups is 1. The maximum atomic E-state index is 8.55. The predicted octanol–water partition coefficient (Wildman–Crippen LogP) is -5.82. The molecule has 0 fully saturated rings. The minimum absolute atomic E-state index is 0. The van der Waals surface area contributed by atoms with Gasteiger partial charge in [-0.3, -0.25) is 0 Å². The Hall–Kier alpha value is 1.63. The van der Waals surface area contributed by atoms with Gasteiger partial charge in [-0.25, -0.2) is 0 Å². The van der Waals surface area contributed by atoms with Crippen LogP contribution in [0.4, 0.5) is 0 Å². The summed E-state index contributed by atoms with van der Waals surface area (Å²) in [5.41, 5.74) is 0. The van der Waals surface area contributed by atoms with Crippen LogP contribution in [0.2, 0.25) is 0 Å². The summed E-state index contributed by atoms with van der Waals surface area (Å²) < 4.78 is 8.55. The van der Waals surface area contributed by atoms with Crippen molar-refractivity contribution in [3.05, 3.63) is 0 Å². The predicted molar refractivity (Wildman–Crippen MR) is 7.61 cm³/mol. The van der Waals surface area contributed by atoms with Crippen molar-refractivity contribution < 1.29 is 65.9 Å². The zero-order valence-corrected chi connectivity index (χ0v) is 7.43. The first-order valence-corrected chi connectivity index (χ1v) is 2.19. The maximum Gasteiger partial charge on any atom is 2.00 e. The third-order valence-corrected chi connectivity index (χ3v) is 0. The fraction of sp³-hybridized carbons (Fsp3) is 0. The van der Waals surface area contributed by atoms with E-state index in [0.717, 1.165) is 0 Å². The maximum absolute atomic E-state index is 8.55. The molecular weight excluding hydrogens is 174 g/mol. The van der Waals surface area contributed by atoms with Gasteiger partial charge in [0.05, 0.1) is 0 Å². The minimum Gasteiger partial charge on any atom is -0.822 e. The molecule has 0 saturated carbocycles. The van der Waals surface area contributed by atoms with Crippen LogP contribution in [0.1, 0.15) is 0 Å². The smallest absolute Gasteiger partial charge is 0.822 e. The van der Waals surface area contributed by atoms with Gasteiger partial charge in [0, 0.05) is 0 Å². The third-order valence-electron chi connectivity index (χ3n) is 0. The van der Waals surface area contributed by atoms with E-state index >= 15 is 0 Å². The van der Waals surface area contributed by atoms with E-state index in [1.54, 1.807) is 0 Å². The van der Waals surface area contributed by atoms with Crippen LogP contribution in [0.3, 0.4) is 0 Å². The normalized spacial score (nSPS) is 8.43. The van der Waals surface area contributed by atoms with Gasteiger partial charge in [-0.15, -0.1) is 0 Å². The molecule has 0 saturated heterocycles. The molecule has 0 heterocycles. The van der Waals surface area contributed by atoms with Gasteiger partial charge >= 0.3 is 46.6 Å². The molecule has 0 rings (SSSR count). The molecule has 0 atom stereocenters. The Morgan fingerprint density at radius 2 is 1.14 bits per heavy atom. The quantitative estimate of drug-likeness (QED) is 0.270. The number of hydrogen-bond acceptors (Lipinski definition) is 4. The van der Waals surface area contributed by atoms with Crippen molar-refractivity contribution in [1.29, 1.82) is 0 Å². The van der Waals surface area contributed by atoms with Crippen LogP contribution < -0.4 is 44.2 Å². The van der Waals surface area contributed by atoms with Crippen LogP contribution in [-0.2, 0) is 21.6 Å². The molecule has 0 aliphatic heterocycles. The zero-order valence-electron chi connectivity index (χ0n) is 3.43. The van der Waals surface area contributed by atoms with E-state index < -0.39 is 7.82 Å². The summed E-state index contributed by atoms with van der Waals surface area (Å²) in [5.74, 6) is 0. The Bertz CT molecular complexity index is 57.8. The van der Waals surface area contributed by atoms with Crippen LogP contribution >= 0.6 is 7.82 Å². The fourth-order valence-electron chi connectivity index (χ4n) is 0. The average molecular weight is 174 g/mol. The molecule has 0 aromatic carbocycles. The van der Waals surface area contributed by atoms with Crippen LogP contribution in [0, 0.1) is 0 Å². The molecular formula is FeNaO4P. The molecule has 0 aromatic heterocycles. The minimum atomic E-state index is -5.39. The van der Waals surface area contributed by atoms with E-state index in [9.17, 15) is 0 Å². The van der Waals surface area contributed by atoms with Crippen LogP contribution in [0.5, 0.6) is 0 Å². The van der Waals surface area contributed by atoms with E-state index in [1.807, 2.05) is 0 Å². The molecule has 0 amide bonds. The third kappa shape index (κ3) is 91.1. The SMILES string of the molecule is O=P([O-])([O-])[O-].[Fe+2].[Na+]. The van der Waals surface area contributed by atoms with Gasteiger partial charge in [0.2, 0.25) is 0 Å². The topological polar surface area (TPSA) is 86.2 Å². The molecule has 7 heteroatoms. The van der Waals surface area contributed by atoms with Gasteiger partial charge in [-0.2, -0.15) is 7.82 Å². The fourth-order valence-corrected chi connectivity index (χ4v) is 0. The van der Waals surface area contributed by atoms with Crippen molar-refractivity contribution in [2.75, 3.05) is 0 Å². The first-order valence-electron chi connectivity index (χ1n) is 0.730. The van der Waals surface area contributed by atoms with Gasteiger partial charge in [0.15, 0.2) is 0 Å². The summed E-state index contributed by atoms with van der Waals surface area (Å²) in [5, 5.41) is 0. The van der Waals surface area contributed by atoms with Gasteiger partial charge in [-0.05, 0) is 0 Å². The van der Waals surface area contributed by atoms with Crippen LogP contribution in [-0.4, -0.2) is 0 Å². The molecule has 0 N–H and O–H groups in total. The summed E-state index contributed by atoms with van der Waals surface area (Å²) >= 11 is 0.